The van der Waals surface area contributed by atoms with Crippen molar-refractivity contribution in [2.75, 3.05) is 6.61 Å². The third-order valence-corrected chi connectivity index (χ3v) is 0.514. The summed E-state index contributed by atoms with van der Waals surface area (Å²) in [4.78, 5) is 9.65. The molecule has 0 amide bonds. The van der Waals surface area contributed by atoms with Crippen LogP contribution in [0.3, 0.4) is 0 Å². The van der Waals surface area contributed by atoms with E-state index >= 15 is 0 Å². The SMILES string of the molecule is N[C@@H](CO)C(=O)O.[He]. The number of nitrogens with two attached hydrogens (primary N) is 1. The fourth-order valence-electron chi connectivity index (χ4n) is 0.0781. The Morgan fingerprint density at radius 3 is 2.12 bits per heavy atom. The van der Waals surface area contributed by atoms with Crippen LogP contribution in [0.1, 0.15) is 0 Å². The van der Waals surface area contributed by atoms with Gasteiger partial charge in [-0.3, -0.25) is 4.79 Å². The average Bonchev–Trinajstić information content (AvgIpc) is 1.65. The van der Waals surface area contributed by atoms with Crippen LogP contribution in [0, 0.1) is 6.15 Å². The standard InChI is InChI=1S/C3H7NO3.He/c4-2(1-5)3(6)7;/h2,5H,1,4H2,(H,6,7);/t2-;/m0./s1. The molecule has 0 bridgehead atoms. The molecule has 0 saturated carbocycles. The van der Waals surface area contributed by atoms with Gasteiger partial charge < -0.3 is 15.9 Å². The molecule has 0 fully saturated rings. The molecule has 0 aliphatic heterocycles. The molecule has 0 aromatic carbocycles. The van der Waals surface area contributed by atoms with Crippen molar-refractivity contribution in [3.05, 3.63) is 0 Å². The van der Waals surface area contributed by atoms with Crippen molar-refractivity contribution in [3.63, 3.8) is 0 Å². The molecule has 4 N–H and O–H groups in total. The van der Waals surface area contributed by atoms with E-state index in [0.717, 1.165) is 0 Å². The molecule has 4 nitrogen and oxygen atoms in total. The molecule has 0 heterocycles. The first-order chi connectivity index (χ1) is 3.18. The first-order valence-electron chi connectivity index (χ1n) is 1.77. The number of aliphatic hydroxyl groups excluding tert-OH is 1. The van der Waals surface area contributed by atoms with Crippen LogP contribution in [0.25, 0.3) is 0 Å². The Labute approximate surface area is 46.7 Å². The Kier molecular flexibility index (Phi) is 5.75. The molecule has 1 atom stereocenters. The van der Waals surface area contributed by atoms with Gasteiger partial charge in [0.1, 0.15) is 6.04 Å². The van der Waals surface area contributed by atoms with Gasteiger partial charge in [-0.1, -0.05) is 0 Å². The van der Waals surface area contributed by atoms with Gasteiger partial charge in [0, 0.05) is 6.15 Å². The van der Waals surface area contributed by atoms with Crippen molar-refractivity contribution in [2.45, 2.75) is 6.04 Å². The summed E-state index contributed by atoms with van der Waals surface area (Å²) in [6.45, 7) is -0.505. The molecule has 5 heteroatoms. The second-order valence-corrected chi connectivity index (χ2v) is 1.13. The average molecular weight is 109 g/mol. The molecule has 0 radical (unpaired) electrons. The van der Waals surface area contributed by atoms with Gasteiger partial charge in [0.25, 0.3) is 0 Å². The van der Waals surface area contributed by atoms with Crippen LogP contribution in [-0.4, -0.2) is 28.8 Å². The van der Waals surface area contributed by atoms with Gasteiger partial charge in [-0.25, -0.2) is 0 Å². The number of hydrogen-bond donors (Lipinski definition) is 3. The predicted molar refractivity (Wildman–Crippen MR) is 22.7 cm³/mol. The van der Waals surface area contributed by atoms with Crippen molar-refractivity contribution >= 4 is 5.97 Å². The first-order valence-corrected chi connectivity index (χ1v) is 1.77. The van der Waals surface area contributed by atoms with Crippen molar-refractivity contribution in [1.82, 2.24) is 0 Å². The maximum absolute atomic E-state index is 9.65. The Morgan fingerprint density at radius 2 is 2.12 bits per heavy atom. The van der Waals surface area contributed by atoms with E-state index in [0.29, 0.717) is 0 Å². The second kappa shape index (κ2) is 4.46. The van der Waals surface area contributed by atoms with Crippen LogP contribution in [0.2, 0.25) is 0 Å². The zero-order chi connectivity index (χ0) is 5.86. The molecule has 44 valence electrons. The number of aliphatic hydroxyl groups is 1. The van der Waals surface area contributed by atoms with Crippen molar-refractivity contribution in [3.8, 4) is 0 Å². The molecule has 0 rings (SSSR count). The number of hydrogen-bond acceptors (Lipinski definition) is 3. The van der Waals surface area contributed by atoms with E-state index in [4.69, 9.17) is 15.9 Å². The molecular weight excluding hydrogens is 102 g/mol. The predicted octanol–water partition coefficient (Wildman–Crippen LogP) is -1.61. The van der Waals surface area contributed by atoms with E-state index in [9.17, 15) is 4.79 Å². The van der Waals surface area contributed by atoms with Gasteiger partial charge in [-0.2, -0.15) is 0 Å². The number of carboxylic acid groups (broad SMARTS) is 1. The summed E-state index contributed by atoms with van der Waals surface area (Å²) < 4.78 is 0. The third-order valence-electron chi connectivity index (χ3n) is 0.514. The zero-order valence-corrected chi connectivity index (χ0v) is 4.37. The van der Waals surface area contributed by atoms with Gasteiger partial charge in [0.2, 0.25) is 0 Å². The van der Waals surface area contributed by atoms with E-state index in [2.05, 4.69) is 0 Å². The maximum atomic E-state index is 9.65. The molecule has 8 heavy (non-hydrogen) atoms. The van der Waals surface area contributed by atoms with Crippen LogP contribution < -0.4 is 5.73 Å². The summed E-state index contributed by atoms with van der Waals surface area (Å²) in [5, 5.41) is 15.9. The molecule has 0 aliphatic carbocycles. The van der Waals surface area contributed by atoms with E-state index in [-0.39, 0.29) is 6.15 Å². The molecule has 0 aliphatic rings. The fraction of sp³-hybridized carbons (Fsp3) is 0.667. The second-order valence-electron chi connectivity index (χ2n) is 1.13. The normalized spacial score (nSPS) is 11.8. The van der Waals surface area contributed by atoms with Crippen LogP contribution in [0.4, 0.5) is 0 Å². The monoisotopic (exact) mass is 109 g/mol. The summed E-state index contributed by atoms with van der Waals surface area (Å²) in [5.74, 6) is -1.18. The minimum absolute atomic E-state index is 0. The molecule has 0 unspecified atom stereocenters. The van der Waals surface area contributed by atoms with E-state index in [1.165, 1.54) is 0 Å². The molecule has 0 saturated heterocycles. The van der Waals surface area contributed by atoms with Crippen molar-refractivity contribution < 1.29 is 21.2 Å². The van der Waals surface area contributed by atoms with Crippen LogP contribution in [-0.2, 0) is 4.79 Å². The van der Waals surface area contributed by atoms with Gasteiger partial charge in [0.05, 0.1) is 6.61 Å². The molecule has 0 spiro atoms. The first kappa shape index (κ1) is 10.3. The smallest absolute Gasteiger partial charge is 0.322 e. The minimum atomic E-state index is -1.18. The molecule has 0 aromatic heterocycles. The van der Waals surface area contributed by atoms with Crippen molar-refractivity contribution in [2.24, 2.45) is 5.73 Å². The Morgan fingerprint density at radius 1 is 1.75 bits per heavy atom. The van der Waals surface area contributed by atoms with Gasteiger partial charge >= 0.3 is 5.97 Å². The minimum Gasteiger partial charge on any atom is -0.480 e. The fourth-order valence-corrected chi connectivity index (χ4v) is 0.0781. The number of carboxylic acids is 1. The van der Waals surface area contributed by atoms with Crippen LogP contribution in [0.5, 0.6) is 0 Å². The van der Waals surface area contributed by atoms with Crippen LogP contribution in [0.15, 0.2) is 0 Å². The summed E-state index contributed by atoms with van der Waals surface area (Å²) in [6.07, 6.45) is 0. The maximum Gasteiger partial charge on any atom is 0.322 e. The third kappa shape index (κ3) is 3.49. The van der Waals surface area contributed by atoms with Crippen molar-refractivity contribution in [1.29, 1.82) is 0 Å². The Bertz CT molecular complexity index is 76.9. The largest absolute Gasteiger partial charge is 0.480 e. The summed E-state index contributed by atoms with van der Waals surface area (Å²) in [5.41, 5.74) is 4.77. The molecular formula is C3H7HeNO3. The number of aliphatic carboxylic acids is 1. The zero-order valence-electron chi connectivity index (χ0n) is 4.37. The number of rotatable bonds is 2. The Hall–Kier alpha value is -0.701. The van der Waals surface area contributed by atoms with E-state index in [1.54, 1.807) is 0 Å². The van der Waals surface area contributed by atoms with Gasteiger partial charge in [-0.05, 0) is 0 Å². The van der Waals surface area contributed by atoms with Gasteiger partial charge in [-0.15, -0.1) is 0 Å². The van der Waals surface area contributed by atoms with Gasteiger partial charge in [0.15, 0.2) is 0 Å². The summed E-state index contributed by atoms with van der Waals surface area (Å²) in [6, 6.07) is -1.13. The topological polar surface area (TPSA) is 83.5 Å². The Balaban J connectivity index is 0. The number of carbonyl (C=O) groups is 1. The summed E-state index contributed by atoms with van der Waals surface area (Å²) in [7, 11) is 0. The van der Waals surface area contributed by atoms with E-state index in [1.807, 2.05) is 0 Å². The van der Waals surface area contributed by atoms with E-state index < -0.39 is 18.6 Å². The molecule has 0 aromatic rings. The summed E-state index contributed by atoms with van der Waals surface area (Å²) >= 11 is 0. The quantitative estimate of drug-likeness (QED) is 0.398. The van der Waals surface area contributed by atoms with Crippen LogP contribution >= 0.6 is 0 Å².